The predicted octanol–water partition coefficient (Wildman–Crippen LogP) is 3.88. The first kappa shape index (κ1) is 14.5. The fourth-order valence-corrected chi connectivity index (χ4v) is 2.84. The Morgan fingerprint density at radius 1 is 1.37 bits per heavy atom. The lowest BCUT2D eigenvalue weighted by Gasteiger charge is -2.07. The van der Waals surface area contributed by atoms with Gasteiger partial charge in [-0.2, -0.15) is 0 Å². The zero-order chi connectivity index (χ0) is 13.7. The number of aryl methyl sites for hydroxylation is 1. The van der Waals surface area contributed by atoms with Crippen LogP contribution in [-0.4, -0.2) is 29.7 Å². The molecule has 0 saturated heterocycles. The van der Waals surface area contributed by atoms with Gasteiger partial charge >= 0.3 is 0 Å². The van der Waals surface area contributed by atoms with Gasteiger partial charge in [-0.05, 0) is 31.0 Å². The summed E-state index contributed by atoms with van der Waals surface area (Å²) in [5.41, 5.74) is 0. The maximum atomic E-state index is 5.93. The van der Waals surface area contributed by atoms with Crippen molar-refractivity contribution in [2.24, 2.45) is 0 Å². The van der Waals surface area contributed by atoms with E-state index in [4.69, 9.17) is 16.3 Å². The van der Waals surface area contributed by atoms with Crippen LogP contribution >= 0.6 is 22.9 Å². The van der Waals surface area contributed by atoms with Crippen LogP contribution in [0.1, 0.15) is 24.6 Å². The molecule has 0 aliphatic carbocycles. The standard InChI is InChI=1S/C13H18ClN3OS/c1-3-4-6-18-7-5-15-11-10-8-9(2)19-12(10)17-13(14)16-11/h8H,3-7H2,1-2H3,(H,15,16,17). The first-order valence-electron chi connectivity index (χ1n) is 6.46. The Kier molecular flexibility index (Phi) is 5.36. The van der Waals surface area contributed by atoms with Gasteiger partial charge in [0.15, 0.2) is 0 Å². The van der Waals surface area contributed by atoms with Crippen molar-refractivity contribution in [3.8, 4) is 0 Å². The second-order valence-electron chi connectivity index (χ2n) is 4.31. The lowest BCUT2D eigenvalue weighted by Crippen LogP contribution is -2.11. The van der Waals surface area contributed by atoms with Gasteiger partial charge in [0.25, 0.3) is 0 Å². The van der Waals surface area contributed by atoms with E-state index < -0.39 is 0 Å². The topological polar surface area (TPSA) is 47.0 Å². The first-order valence-corrected chi connectivity index (χ1v) is 7.65. The molecule has 1 N–H and O–H groups in total. The fraction of sp³-hybridized carbons (Fsp3) is 0.538. The van der Waals surface area contributed by atoms with Crippen LogP contribution in [0, 0.1) is 6.92 Å². The van der Waals surface area contributed by atoms with Crippen molar-refractivity contribution in [3.63, 3.8) is 0 Å². The fourth-order valence-electron chi connectivity index (χ4n) is 1.74. The van der Waals surface area contributed by atoms with Crippen LogP contribution in [-0.2, 0) is 4.74 Å². The molecule has 6 heteroatoms. The van der Waals surface area contributed by atoms with Crippen LogP contribution in [0.2, 0.25) is 5.28 Å². The maximum absolute atomic E-state index is 5.93. The molecule has 0 aromatic carbocycles. The Morgan fingerprint density at radius 2 is 2.21 bits per heavy atom. The van der Waals surface area contributed by atoms with Crippen LogP contribution < -0.4 is 5.32 Å². The number of halogens is 1. The van der Waals surface area contributed by atoms with Crippen molar-refractivity contribution in [1.29, 1.82) is 0 Å². The van der Waals surface area contributed by atoms with Gasteiger partial charge in [0.05, 0.1) is 12.0 Å². The van der Waals surface area contributed by atoms with Gasteiger partial charge in [0.2, 0.25) is 5.28 Å². The molecule has 104 valence electrons. The molecule has 0 atom stereocenters. The molecule has 2 aromatic heterocycles. The average Bonchev–Trinajstić information content (AvgIpc) is 2.73. The number of nitrogens with zero attached hydrogens (tertiary/aromatic N) is 2. The normalized spacial score (nSPS) is 11.1. The van der Waals surface area contributed by atoms with E-state index in [-0.39, 0.29) is 5.28 Å². The number of hydrogen-bond acceptors (Lipinski definition) is 5. The van der Waals surface area contributed by atoms with E-state index in [1.807, 2.05) is 0 Å². The SMILES string of the molecule is CCCCOCCNc1nc(Cl)nc2sc(C)cc12. The third kappa shape index (κ3) is 4.03. The Morgan fingerprint density at radius 3 is 3.00 bits per heavy atom. The lowest BCUT2D eigenvalue weighted by molar-refractivity contribution is 0.141. The molecule has 0 radical (unpaired) electrons. The Labute approximate surface area is 122 Å². The molecule has 2 rings (SSSR count). The van der Waals surface area contributed by atoms with E-state index in [9.17, 15) is 0 Å². The minimum Gasteiger partial charge on any atom is -0.380 e. The number of unbranched alkanes of at least 4 members (excludes halogenated alkanes) is 1. The van der Waals surface area contributed by atoms with Crippen molar-refractivity contribution in [2.75, 3.05) is 25.1 Å². The highest BCUT2D eigenvalue weighted by Crippen LogP contribution is 2.29. The third-order valence-electron chi connectivity index (χ3n) is 2.67. The Bertz CT molecular complexity index is 544. The Hall–Kier alpha value is -0.910. The molecule has 19 heavy (non-hydrogen) atoms. The summed E-state index contributed by atoms with van der Waals surface area (Å²) in [5, 5.41) is 4.57. The predicted molar refractivity (Wildman–Crippen MR) is 81.4 cm³/mol. The van der Waals surface area contributed by atoms with Gasteiger partial charge in [-0.3, -0.25) is 0 Å². The highest BCUT2D eigenvalue weighted by atomic mass is 35.5. The number of fused-ring (bicyclic) bond motifs is 1. The van der Waals surface area contributed by atoms with E-state index in [1.54, 1.807) is 11.3 Å². The smallest absolute Gasteiger partial charge is 0.225 e. The number of hydrogen-bond donors (Lipinski definition) is 1. The molecule has 0 aliphatic rings. The number of ether oxygens (including phenoxy) is 1. The summed E-state index contributed by atoms with van der Waals surface area (Å²) < 4.78 is 5.51. The summed E-state index contributed by atoms with van der Waals surface area (Å²) >= 11 is 7.55. The molecule has 0 amide bonds. The van der Waals surface area contributed by atoms with Gasteiger partial charge in [-0.1, -0.05) is 13.3 Å². The average molecular weight is 300 g/mol. The molecule has 2 aromatic rings. The third-order valence-corrected chi connectivity index (χ3v) is 3.78. The van der Waals surface area contributed by atoms with Gasteiger partial charge in [-0.25, -0.2) is 9.97 Å². The Balaban J connectivity index is 1.96. The van der Waals surface area contributed by atoms with Crippen molar-refractivity contribution in [1.82, 2.24) is 9.97 Å². The minimum absolute atomic E-state index is 0.281. The second kappa shape index (κ2) is 7.03. The quantitative estimate of drug-likeness (QED) is 0.622. The molecule has 0 spiro atoms. The summed E-state index contributed by atoms with van der Waals surface area (Å²) in [4.78, 5) is 10.6. The highest BCUT2D eigenvalue weighted by molar-refractivity contribution is 7.18. The van der Waals surface area contributed by atoms with Gasteiger partial charge < -0.3 is 10.1 Å². The summed E-state index contributed by atoms with van der Waals surface area (Å²) in [6, 6.07) is 2.08. The van der Waals surface area contributed by atoms with Crippen molar-refractivity contribution in [3.05, 3.63) is 16.2 Å². The molecule has 0 unspecified atom stereocenters. The van der Waals surface area contributed by atoms with Crippen molar-refractivity contribution in [2.45, 2.75) is 26.7 Å². The van der Waals surface area contributed by atoms with E-state index in [0.29, 0.717) is 6.61 Å². The molecule has 0 aliphatic heterocycles. The number of aromatic nitrogens is 2. The van der Waals surface area contributed by atoms with Crippen LogP contribution in [0.5, 0.6) is 0 Å². The molecule has 2 heterocycles. The molecule has 0 saturated carbocycles. The van der Waals surface area contributed by atoms with Crippen molar-refractivity contribution >= 4 is 39.0 Å². The first-order chi connectivity index (χ1) is 9.20. The number of thiophene rings is 1. The minimum atomic E-state index is 0.281. The lowest BCUT2D eigenvalue weighted by atomic mass is 10.3. The van der Waals surface area contributed by atoms with E-state index in [2.05, 4.69) is 35.2 Å². The number of nitrogens with one attached hydrogen (secondary N) is 1. The summed E-state index contributed by atoms with van der Waals surface area (Å²) in [5.74, 6) is 0.790. The second-order valence-corrected chi connectivity index (χ2v) is 5.88. The summed E-state index contributed by atoms with van der Waals surface area (Å²) in [6.07, 6.45) is 2.26. The zero-order valence-corrected chi connectivity index (χ0v) is 12.8. The summed E-state index contributed by atoms with van der Waals surface area (Å²) in [7, 11) is 0. The largest absolute Gasteiger partial charge is 0.380 e. The van der Waals surface area contributed by atoms with Gasteiger partial charge in [-0.15, -0.1) is 11.3 Å². The molecular formula is C13H18ClN3OS. The monoisotopic (exact) mass is 299 g/mol. The molecule has 4 nitrogen and oxygen atoms in total. The van der Waals surface area contributed by atoms with E-state index >= 15 is 0 Å². The maximum Gasteiger partial charge on any atom is 0.225 e. The molecular weight excluding hydrogens is 282 g/mol. The van der Waals surface area contributed by atoms with Crippen LogP contribution in [0.15, 0.2) is 6.07 Å². The van der Waals surface area contributed by atoms with Crippen LogP contribution in [0.3, 0.4) is 0 Å². The van der Waals surface area contributed by atoms with Crippen LogP contribution in [0.25, 0.3) is 10.2 Å². The number of rotatable bonds is 7. The van der Waals surface area contributed by atoms with Crippen LogP contribution in [0.4, 0.5) is 5.82 Å². The molecule has 0 fully saturated rings. The molecule has 0 bridgehead atoms. The summed E-state index contributed by atoms with van der Waals surface area (Å²) in [6.45, 7) is 6.42. The highest BCUT2D eigenvalue weighted by Gasteiger charge is 2.09. The number of anilines is 1. The van der Waals surface area contributed by atoms with Gasteiger partial charge in [0, 0.05) is 18.0 Å². The van der Waals surface area contributed by atoms with E-state index in [0.717, 1.165) is 42.0 Å². The van der Waals surface area contributed by atoms with Crippen molar-refractivity contribution < 1.29 is 4.74 Å². The van der Waals surface area contributed by atoms with E-state index in [1.165, 1.54) is 4.88 Å². The zero-order valence-electron chi connectivity index (χ0n) is 11.2. The van der Waals surface area contributed by atoms with Gasteiger partial charge in [0.1, 0.15) is 10.6 Å².